The molecule has 92 valence electrons. The molecule has 5 heteroatoms. The van der Waals surface area contributed by atoms with Gasteiger partial charge < -0.3 is 10.1 Å². The number of nitrogens with one attached hydrogen (secondary N) is 1. The topological polar surface area (TPSA) is 34.1 Å². The van der Waals surface area contributed by atoms with Gasteiger partial charge in [0.15, 0.2) is 5.13 Å². The fourth-order valence-electron chi connectivity index (χ4n) is 1.51. The minimum atomic E-state index is 0.277. The van der Waals surface area contributed by atoms with Crippen molar-refractivity contribution in [3.63, 3.8) is 0 Å². The van der Waals surface area contributed by atoms with Crippen molar-refractivity contribution in [2.45, 2.75) is 19.9 Å². The summed E-state index contributed by atoms with van der Waals surface area (Å²) in [6.45, 7) is 5.55. The lowest BCUT2D eigenvalue weighted by Crippen LogP contribution is -2.21. The van der Waals surface area contributed by atoms with E-state index in [0.29, 0.717) is 6.61 Å². The number of nitrogens with zero attached hydrogens (tertiary/aromatic N) is 1. The smallest absolute Gasteiger partial charge is 0.184 e. The van der Waals surface area contributed by atoms with Crippen LogP contribution in [0.3, 0.4) is 0 Å². The summed E-state index contributed by atoms with van der Waals surface area (Å²) in [4.78, 5) is 4.54. The van der Waals surface area contributed by atoms with Gasteiger partial charge in [-0.25, -0.2) is 4.98 Å². The standard InChI is InChI=1S/C12H15BrN2OS/c1-3-16-7-8(2)14-12-15-10-6-9(13)4-5-11(10)17-12/h4-6,8H,3,7H2,1-2H3,(H,14,15). The van der Waals surface area contributed by atoms with Crippen LogP contribution in [0.25, 0.3) is 10.2 Å². The summed E-state index contributed by atoms with van der Waals surface area (Å²) in [7, 11) is 0. The number of halogens is 1. The van der Waals surface area contributed by atoms with Crippen LogP contribution in [-0.2, 0) is 4.74 Å². The summed E-state index contributed by atoms with van der Waals surface area (Å²) in [5.74, 6) is 0. The first-order valence-corrected chi connectivity index (χ1v) is 7.20. The van der Waals surface area contributed by atoms with E-state index < -0.39 is 0 Å². The van der Waals surface area contributed by atoms with Gasteiger partial charge in [-0.2, -0.15) is 0 Å². The summed E-state index contributed by atoms with van der Waals surface area (Å²) in [6, 6.07) is 6.42. The maximum absolute atomic E-state index is 5.37. The molecule has 3 nitrogen and oxygen atoms in total. The highest BCUT2D eigenvalue weighted by Crippen LogP contribution is 2.28. The van der Waals surface area contributed by atoms with Crippen molar-refractivity contribution in [3.8, 4) is 0 Å². The first-order valence-electron chi connectivity index (χ1n) is 5.59. The van der Waals surface area contributed by atoms with Crippen LogP contribution in [0, 0.1) is 0 Å². The number of anilines is 1. The molecule has 0 aliphatic carbocycles. The van der Waals surface area contributed by atoms with Gasteiger partial charge in [0, 0.05) is 17.1 Å². The molecule has 1 N–H and O–H groups in total. The SMILES string of the molecule is CCOCC(C)Nc1nc2cc(Br)ccc2s1. The summed E-state index contributed by atoms with van der Waals surface area (Å²) >= 11 is 5.12. The normalized spacial score (nSPS) is 12.9. The summed E-state index contributed by atoms with van der Waals surface area (Å²) in [5.41, 5.74) is 1.02. The second kappa shape index (κ2) is 5.80. The molecule has 1 aromatic heterocycles. The van der Waals surface area contributed by atoms with Crippen molar-refractivity contribution in [1.29, 1.82) is 0 Å². The number of rotatable bonds is 5. The van der Waals surface area contributed by atoms with Crippen LogP contribution in [0.4, 0.5) is 5.13 Å². The van der Waals surface area contributed by atoms with E-state index in [1.807, 2.05) is 19.1 Å². The molecule has 2 aromatic rings. The third-order valence-electron chi connectivity index (χ3n) is 2.29. The molecule has 0 saturated heterocycles. The van der Waals surface area contributed by atoms with Crippen molar-refractivity contribution in [2.75, 3.05) is 18.5 Å². The minimum absolute atomic E-state index is 0.277. The van der Waals surface area contributed by atoms with Crippen molar-refractivity contribution in [3.05, 3.63) is 22.7 Å². The van der Waals surface area contributed by atoms with Gasteiger partial charge in [-0.05, 0) is 32.0 Å². The predicted molar refractivity (Wildman–Crippen MR) is 76.9 cm³/mol. The number of aromatic nitrogens is 1. The predicted octanol–water partition coefficient (Wildman–Crippen LogP) is 3.90. The average Bonchev–Trinajstić information content (AvgIpc) is 2.67. The Bertz CT molecular complexity index is 500. The molecule has 0 fully saturated rings. The Balaban J connectivity index is 2.08. The highest BCUT2D eigenvalue weighted by atomic mass is 79.9. The van der Waals surface area contributed by atoms with Gasteiger partial charge >= 0.3 is 0 Å². The van der Waals surface area contributed by atoms with Crippen LogP contribution in [-0.4, -0.2) is 24.2 Å². The van der Waals surface area contributed by atoms with Crippen molar-refractivity contribution in [2.24, 2.45) is 0 Å². The first kappa shape index (κ1) is 12.8. The van der Waals surface area contributed by atoms with E-state index in [1.165, 1.54) is 4.70 Å². The molecule has 0 saturated carbocycles. The Morgan fingerprint density at radius 2 is 2.35 bits per heavy atom. The molecule has 1 aromatic carbocycles. The molecule has 2 rings (SSSR count). The van der Waals surface area contributed by atoms with Gasteiger partial charge in [0.1, 0.15) is 0 Å². The summed E-state index contributed by atoms with van der Waals surface area (Å²) in [5, 5.41) is 4.30. The van der Waals surface area contributed by atoms with E-state index in [1.54, 1.807) is 11.3 Å². The molecule has 17 heavy (non-hydrogen) atoms. The number of hydrogen-bond donors (Lipinski definition) is 1. The molecule has 1 heterocycles. The van der Waals surface area contributed by atoms with Crippen LogP contribution in [0.2, 0.25) is 0 Å². The molecule has 1 atom stereocenters. The molecule has 0 aliphatic heterocycles. The van der Waals surface area contributed by atoms with Gasteiger partial charge in [0.25, 0.3) is 0 Å². The van der Waals surface area contributed by atoms with Crippen LogP contribution in [0.1, 0.15) is 13.8 Å². The van der Waals surface area contributed by atoms with Crippen molar-refractivity contribution in [1.82, 2.24) is 4.98 Å². The van der Waals surface area contributed by atoms with E-state index in [2.05, 4.69) is 39.2 Å². The van der Waals surface area contributed by atoms with E-state index >= 15 is 0 Å². The zero-order valence-corrected chi connectivity index (χ0v) is 12.3. The molecular weight excluding hydrogens is 300 g/mol. The van der Waals surface area contributed by atoms with E-state index in [0.717, 1.165) is 21.7 Å². The van der Waals surface area contributed by atoms with Gasteiger partial charge in [-0.3, -0.25) is 0 Å². The van der Waals surface area contributed by atoms with Crippen molar-refractivity contribution < 1.29 is 4.74 Å². The zero-order chi connectivity index (χ0) is 12.3. The Hall–Kier alpha value is -0.650. The highest BCUT2D eigenvalue weighted by Gasteiger charge is 2.07. The van der Waals surface area contributed by atoms with Crippen molar-refractivity contribution >= 4 is 42.6 Å². The number of hydrogen-bond acceptors (Lipinski definition) is 4. The number of benzene rings is 1. The molecule has 0 radical (unpaired) electrons. The second-order valence-corrected chi connectivity index (χ2v) is 5.78. The van der Waals surface area contributed by atoms with Crippen LogP contribution < -0.4 is 5.32 Å². The zero-order valence-electron chi connectivity index (χ0n) is 9.87. The molecule has 0 spiro atoms. The molecule has 1 unspecified atom stereocenters. The lowest BCUT2D eigenvalue weighted by Gasteiger charge is -2.11. The van der Waals surface area contributed by atoms with Crippen LogP contribution in [0.15, 0.2) is 22.7 Å². The van der Waals surface area contributed by atoms with Gasteiger partial charge in [0.05, 0.1) is 16.8 Å². The number of thiazole rings is 1. The first-order chi connectivity index (χ1) is 8.19. The molecule has 0 bridgehead atoms. The van der Waals surface area contributed by atoms with E-state index in [4.69, 9.17) is 4.74 Å². The second-order valence-electron chi connectivity index (χ2n) is 3.84. The Kier molecular flexibility index (Phi) is 4.36. The van der Waals surface area contributed by atoms with E-state index in [-0.39, 0.29) is 6.04 Å². The fraction of sp³-hybridized carbons (Fsp3) is 0.417. The Morgan fingerprint density at radius 1 is 1.53 bits per heavy atom. The highest BCUT2D eigenvalue weighted by molar-refractivity contribution is 9.10. The molecule has 0 amide bonds. The molecule has 0 aliphatic rings. The summed E-state index contributed by atoms with van der Waals surface area (Å²) in [6.07, 6.45) is 0. The lowest BCUT2D eigenvalue weighted by atomic mass is 10.3. The monoisotopic (exact) mass is 314 g/mol. The Labute approximate surface area is 113 Å². The van der Waals surface area contributed by atoms with Crippen LogP contribution in [0.5, 0.6) is 0 Å². The fourth-order valence-corrected chi connectivity index (χ4v) is 2.82. The third-order valence-corrected chi connectivity index (χ3v) is 3.75. The van der Waals surface area contributed by atoms with E-state index in [9.17, 15) is 0 Å². The maximum Gasteiger partial charge on any atom is 0.184 e. The number of ether oxygens (including phenoxy) is 1. The van der Waals surface area contributed by atoms with Gasteiger partial charge in [0.2, 0.25) is 0 Å². The Morgan fingerprint density at radius 3 is 3.12 bits per heavy atom. The number of fused-ring (bicyclic) bond motifs is 1. The van der Waals surface area contributed by atoms with Crippen LogP contribution >= 0.6 is 27.3 Å². The summed E-state index contributed by atoms with van der Waals surface area (Å²) < 4.78 is 7.62. The quantitative estimate of drug-likeness (QED) is 0.909. The molecular formula is C12H15BrN2OS. The lowest BCUT2D eigenvalue weighted by molar-refractivity contribution is 0.141. The largest absolute Gasteiger partial charge is 0.380 e. The maximum atomic E-state index is 5.37. The van der Waals surface area contributed by atoms with Gasteiger partial charge in [-0.15, -0.1) is 0 Å². The average molecular weight is 315 g/mol. The van der Waals surface area contributed by atoms with Gasteiger partial charge in [-0.1, -0.05) is 27.3 Å². The third kappa shape index (κ3) is 3.40. The minimum Gasteiger partial charge on any atom is -0.380 e.